The van der Waals surface area contributed by atoms with Crippen LogP contribution >= 0.6 is 0 Å². The van der Waals surface area contributed by atoms with Crippen molar-refractivity contribution < 1.29 is 14.8 Å². The van der Waals surface area contributed by atoms with Crippen LogP contribution in [-0.2, 0) is 4.74 Å². The number of piperidine rings is 1. The summed E-state index contributed by atoms with van der Waals surface area (Å²) in [5.74, 6) is 0.0653. The van der Waals surface area contributed by atoms with E-state index in [2.05, 4.69) is 10.2 Å². The molecule has 0 spiro atoms. The van der Waals surface area contributed by atoms with Crippen molar-refractivity contribution in [3.05, 3.63) is 41.2 Å². The van der Waals surface area contributed by atoms with Gasteiger partial charge in [0.15, 0.2) is 5.69 Å². The molecule has 20 heavy (non-hydrogen) atoms. The molecule has 0 aromatic heterocycles. The lowest BCUT2D eigenvalue weighted by Crippen LogP contribution is -2.86. The quantitative estimate of drug-likeness (QED) is 0.677. The molecule has 0 amide bonds. The van der Waals surface area contributed by atoms with Gasteiger partial charge in [-0.2, -0.15) is 0 Å². The molecule has 4 heteroatoms. The maximum absolute atomic E-state index is 12.2. The highest BCUT2D eigenvalue weighted by atomic mass is 16.6. The number of carbonyl (C=O) groups is 1. The third kappa shape index (κ3) is 3.37. The molecule has 0 unspecified atom stereocenters. The average molecular weight is 273 g/mol. The molecule has 106 valence electrons. The van der Waals surface area contributed by atoms with E-state index in [1.54, 1.807) is 24.3 Å². The molecule has 4 nitrogen and oxygen atoms in total. The van der Waals surface area contributed by atoms with E-state index in [0.29, 0.717) is 17.2 Å². The third-order valence-electron chi connectivity index (χ3n) is 3.99. The number of nitrogens with zero attached hydrogens (tertiary/aromatic N) is 1. The molecule has 1 saturated heterocycles. The number of hydrogen-bond acceptors (Lipinski definition) is 2. The second kappa shape index (κ2) is 6.06. The Labute approximate surface area is 120 Å². The summed E-state index contributed by atoms with van der Waals surface area (Å²) in [6.07, 6.45) is 2.14. The highest BCUT2D eigenvalue weighted by Crippen LogP contribution is 2.29. The first-order valence-electron chi connectivity index (χ1n) is 7.05. The molecular weight excluding hydrogens is 252 g/mol. The van der Waals surface area contributed by atoms with Gasteiger partial charge in [-0.25, -0.2) is 9.64 Å². The first-order valence-corrected chi connectivity index (χ1v) is 7.05. The summed E-state index contributed by atoms with van der Waals surface area (Å²) in [7, 11) is 0. The zero-order valence-electron chi connectivity index (χ0n) is 12.1. The van der Waals surface area contributed by atoms with E-state index in [4.69, 9.17) is 11.3 Å². The zero-order chi connectivity index (χ0) is 14.6. The van der Waals surface area contributed by atoms with Gasteiger partial charge in [0.05, 0.1) is 19.7 Å². The summed E-state index contributed by atoms with van der Waals surface area (Å²) in [5, 5.41) is 2.30. The Balaban J connectivity index is 2.07. The van der Waals surface area contributed by atoms with Crippen molar-refractivity contribution in [1.82, 2.24) is 0 Å². The fourth-order valence-corrected chi connectivity index (χ4v) is 2.71. The number of hydrogen-bond donors (Lipinski definition) is 1. The van der Waals surface area contributed by atoms with Crippen molar-refractivity contribution in [2.24, 2.45) is 5.92 Å². The van der Waals surface area contributed by atoms with Gasteiger partial charge < -0.3 is 10.1 Å². The molecule has 0 radical (unpaired) electrons. The number of nitrogens with two attached hydrogens (primary N) is 1. The topological polar surface area (TPSA) is 47.3 Å². The first-order chi connectivity index (χ1) is 9.53. The number of ether oxygens (including phenoxy) is 1. The molecule has 2 rings (SSSR count). The van der Waals surface area contributed by atoms with Crippen LogP contribution in [0.4, 0.5) is 5.69 Å². The molecule has 0 bridgehead atoms. The van der Waals surface area contributed by atoms with E-state index in [0.717, 1.165) is 25.9 Å². The zero-order valence-corrected chi connectivity index (χ0v) is 12.1. The molecule has 1 aromatic rings. The fraction of sp³-hybridized carbons (Fsp3) is 0.500. The van der Waals surface area contributed by atoms with Gasteiger partial charge in [0.2, 0.25) is 0 Å². The maximum Gasteiger partial charge on any atom is 0.337 e. The van der Waals surface area contributed by atoms with Gasteiger partial charge in [-0.15, -0.1) is 0 Å². The van der Waals surface area contributed by atoms with E-state index >= 15 is 0 Å². The van der Waals surface area contributed by atoms with Gasteiger partial charge >= 0.3 is 5.97 Å². The predicted octanol–water partition coefficient (Wildman–Crippen LogP) is 2.15. The van der Waals surface area contributed by atoms with Crippen molar-refractivity contribution in [2.75, 3.05) is 13.1 Å². The number of benzene rings is 1. The van der Waals surface area contributed by atoms with Crippen molar-refractivity contribution in [1.29, 1.82) is 0 Å². The van der Waals surface area contributed by atoms with Crippen LogP contribution in [0.2, 0.25) is 0 Å². The van der Waals surface area contributed by atoms with E-state index in [-0.39, 0.29) is 5.97 Å². The van der Waals surface area contributed by atoms with Gasteiger partial charge in [-0.05, 0) is 19.9 Å². The Morgan fingerprint density at radius 3 is 2.75 bits per heavy atom. The van der Waals surface area contributed by atoms with E-state index in [1.807, 2.05) is 13.8 Å². The fourth-order valence-electron chi connectivity index (χ4n) is 2.71. The SMILES string of the molecule is [C-]#[N+]c1cccc(C(=O)OC(C)(C)C2CC[NH2+]CC2)c1. The van der Waals surface area contributed by atoms with Gasteiger partial charge in [0, 0.05) is 24.3 Å². The molecule has 0 atom stereocenters. The smallest absolute Gasteiger partial charge is 0.337 e. The summed E-state index contributed by atoms with van der Waals surface area (Å²) in [4.78, 5) is 15.6. The van der Waals surface area contributed by atoms with Crippen molar-refractivity contribution in [3.63, 3.8) is 0 Å². The first kappa shape index (κ1) is 14.5. The predicted molar refractivity (Wildman–Crippen MR) is 76.6 cm³/mol. The molecule has 1 fully saturated rings. The lowest BCUT2D eigenvalue weighted by molar-refractivity contribution is -0.665. The van der Waals surface area contributed by atoms with Crippen molar-refractivity contribution >= 4 is 11.7 Å². The summed E-state index contributed by atoms with van der Waals surface area (Å²) in [6, 6.07) is 6.68. The molecule has 1 aliphatic heterocycles. The molecule has 1 aliphatic rings. The lowest BCUT2D eigenvalue weighted by Gasteiger charge is -2.35. The Hall–Kier alpha value is -1.86. The standard InChI is InChI=1S/C16H20N2O2/c1-16(2,13-7-9-18-10-8-13)20-15(19)12-5-4-6-14(11-12)17-3/h4-6,11,13,18H,7-10H2,1-2H3/p+1. The monoisotopic (exact) mass is 273 g/mol. The summed E-state index contributed by atoms with van der Waals surface area (Å²) < 4.78 is 5.71. The van der Waals surface area contributed by atoms with Crippen LogP contribution in [0.5, 0.6) is 0 Å². The molecule has 2 N–H and O–H groups in total. The van der Waals surface area contributed by atoms with Crippen LogP contribution < -0.4 is 5.32 Å². The Bertz CT molecular complexity index is 526. The van der Waals surface area contributed by atoms with E-state index in [9.17, 15) is 4.79 Å². The Kier molecular flexibility index (Phi) is 4.41. The molecular formula is C16H21N2O2+. The minimum atomic E-state index is -0.459. The third-order valence-corrected chi connectivity index (χ3v) is 3.99. The van der Waals surface area contributed by atoms with E-state index in [1.165, 1.54) is 0 Å². The van der Waals surface area contributed by atoms with Crippen LogP contribution in [0.3, 0.4) is 0 Å². The molecule has 0 saturated carbocycles. The normalized spacial score (nSPS) is 16.4. The van der Waals surface area contributed by atoms with Crippen molar-refractivity contribution in [2.45, 2.75) is 32.3 Å². The second-order valence-electron chi connectivity index (χ2n) is 5.80. The van der Waals surface area contributed by atoms with Crippen molar-refractivity contribution in [3.8, 4) is 0 Å². The van der Waals surface area contributed by atoms with Crippen LogP contribution in [0, 0.1) is 12.5 Å². The largest absolute Gasteiger partial charge is 0.456 e. The Morgan fingerprint density at radius 1 is 1.40 bits per heavy atom. The van der Waals surface area contributed by atoms with Crippen LogP contribution in [0.1, 0.15) is 37.0 Å². The second-order valence-corrected chi connectivity index (χ2v) is 5.80. The summed E-state index contributed by atoms with van der Waals surface area (Å²) in [5.41, 5.74) is 0.456. The summed E-state index contributed by atoms with van der Waals surface area (Å²) in [6.45, 7) is 13.2. The summed E-state index contributed by atoms with van der Waals surface area (Å²) >= 11 is 0. The van der Waals surface area contributed by atoms with Gasteiger partial charge in [0.1, 0.15) is 5.60 Å². The van der Waals surface area contributed by atoms with E-state index < -0.39 is 5.60 Å². The highest BCUT2D eigenvalue weighted by molar-refractivity contribution is 5.90. The minimum Gasteiger partial charge on any atom is -0.456 e. The maximum atomic E-state index is 12.2. The molecule has 1 aromatic carbocycles. The van der Waals surface area contributed by atoms with Crippen LogP contribution in [-0.4, -0.2) is 24.7 Å². The van der Waals surface area contributed by atoms with Gasteiger partial charge in [0.25, 0.3) is 0 Å². The van der Waals surface area contributed by atoms with Gasteiger partial charge in [-0.3, -0.25) is 0 Å². The molecule has 0 aliphatic carbocycles. The van der Waals surface area contributed by atoms with Crippen LogP contribution in [0.25, 0.3) is 4.85 Å². The number of esters is 1. The molecule has 1 heterocycles. The van der Waals surface area contributed by atoms with Crippen LogP contribution in [0.15, 0.2) is 24.3 Å². The average Bonchev–Trinajstić information content (AvgIpc) is 2.48. The van der Waals surface area contributed by atoms with Gasteiger partial charge in [-0.1, -0.05) is 18.2 Å². The number of quaternary nitrogens is 1. The number of carbonyl (C=O) groups excluding carboxylic acids is 1. The highest BCUT2D eigenvalue weighted by Gasteiger charge is 2.35. The Morgan fingerprint density at radius 2 is 2.10 bits per heavy atom. The number of rotatable bonds is 3. The lowest BCUT2D eigenvalue weighted by atomic mass is 9.83. The minimum absolute atomic E-state index is 0.338.